The van der Waals surface area contributed by atoms with Gasteiger partial charge in [0.15, 0.2) is 0 Å². The van der Waals surface area contributed by atoms with Crippen LogP contribution in [0.3, 0.4) is 0 Å². The summed E-state index contributed by atoms with van der Waals surface area (Å²) in [4.78, 5) is 14.8. The second-order valence-electron chi connectivity index (χ2n) is 5.38. The predicted molar refractivity (Wildman–Crippen MR) is 78.0 cm³/mol. The maximum Gasteiger partial charge on any atom is 0.249 e. The first-order chi connectivity index (χ1) is 9.15. The van der Waals surface area contributed by atoms with E-state index in [9.17, 15) is 4.79 Å². The topological polar surface area (TPSA) is 67.6 Å². The van der Waals surface area contributed by atoms with Gasteiger partial charge in [-0.05, 0) is 32.1 Å². The standard InChI is InChI=1S/C13H23N3O2S/c14-12(19)9-16-6-4-10(5-7-16)15-13(17)11-3-1-2-8-18-11/h10-11H,1-9H2,(H2,14,19)(H,15,17). The van der Waals surface area contributed by atoms with Gasteiger partial charge in [0, 0.05) is 32.3 Å². The number of thiocarbonyl (C=S) groups is 1. The van der Waals surface area contributed by atoms with Gasteiger partial charge in [0.2, 0.25) is 5.91 Å². The Hall–Kier alpha value is -0.720. The molecule has 0 spiro atoms. The molecule has 1 amide bonds. The molecule has 19 heavy (non-hydrogen) atoms. The highest BCUT2D eigenvalue weighted by Gasteiger charge is 2.26. The summed E-state index contributed by atoms with van der Waals surface area (Å²) in [7, 11) is 0. The Morgan fingerprint density at radius 2 is 2.05 bits per heavy atom. The van der Waals surface area contributed by atoms with E-state index in [0.29, 0.717) is 18.1 Å². The quantitative estimate of drug-likeness (QED) is 0.733. The summed E-state index contributed by atoms with van der Waals surface area (Å²) in [5, 5.41) is 3.11. The number of carbonyl (C=O) groups excluding carboxylic acids is 1. The number of piperidine rings is 1. The van der Waals surface area contributed by atoms with Gasteiger partial charge in [-0.15, -0.1) is 0 Å². The van der Waals surface area contributed by atoms with Crippen molar-refractivity contribution in [1.29, 1.82) is 0 Å². The Kier molecular flexibility index (Phi) is 5.54. The lowest BCUT2D eigenvalue weighted by atomic mass is 10.0. The number of rotatable bonds is 4. The van der Waals surface area contributed by atoms with Crippen LogP contribution in [0.1, 0.15) is 32.1 Å². The van der Waals surface area contributed by atoms with Crippen molar-refractivity contribution in [3.63, 3.8) is 0 Å². The summed E-state index contributed by atoms with van der Waals surface area (Å²) in [6, 6.07) is 0.264. The second-order valence-corrected chi connectivity index (χ2v) is 5.90. The molecule has 1 unspecified atom stereocenters. The predicted octanol–water partition coefficient (Wildman–Crippen LogP) is 0.422. The molecule has 0 bridgehead atoms. The van der Waals surface area contributed by atoms with E-state index in [0.717, 1.165) is 45.2 Å². The highest BCUT2D eigenvalue weighted by Crippen LogP contribution is 2.15. The Labute approximate surface area is 119 Å². The zero-order chi connectivity index (χ0) is 13.7. The van der Waals surface area contributed by atoms with E-state index in [1.807, 2.05) is 0 Å². The lowest BCUT2D eigenvalue weighted by Crippen LogP contribution is -2.49. The van der Waals surface area contributed by atoms with Gasteiger partial charge in [-0.2, -0.15) is 0 Å². The first kappa shape index (κ1) is 14.7. The van der Waals surface area contributed by atoms with Gasteiger partial charge in [-0.1, -0.05) is 12.2 Å². The van der Waals surface area contributed by atoms with Crippen LogP contribution in [-0.4, -0.2) is 54.2 Å². The SMILES string of the molecule is NC(=S)CN1CCC(NC(=O)C2CCCCO2)CC1. The van der Waals surface area contributed by atoms with Crippen LogP contribution in [-0.2, 0) is 9.53 Å². The van der Waals surface area contributed by atoms with Crippen molar-refractivity contribution in [2.75, 3.05) is 26.2 Å². The molecular formula is C13H23N3O2S. The van der Waals surface area contributed by atoms with Crippen molar-refractivity contribution >= 4 is 23.1 Å². The highest BCUT2D eigenvalue weighted by molar-refractivity contribution is 7.80. The van der Waals surface area contributed by atoms with E-state index >= 15 is 0 Å². The molecule has 0 aliphatic carbocycles. The van der Waals surface area contributed by atoms with Crippen LogP contribution in [0, 0.1) is 0 Å². The van der Waals surface area contributed by atoms with Crippen molar-refractivity contribution < 1.29 is 9.53 Å². The molecule has 6 heteroatoms. The summed E-state index contributed by atoms with van der Waals surface area (Å²) in [5.41, 5.74) is 5.54. The van der Waals surface area contributed by atoms with Crippen molar-refractivity contribution in [2.45, 2.75) is 44.2 Å². The van der Waals surface area contributed by atoms with Crippen LogP contribution >= 0.6 is 12.2 Å². The largest absolute Gasteiger partial charge is 0.392 e. The highest BCUT2D eigenvalue weighted by atomic mass is 32.1. The minimum absolute atomic E-state index is 0.0625. The average molecular weight is 285 g/mol. The molecule has 0 saturated carbocycles. The van der Waals surface area contributed by atoms with E-state index in [-0.39, 0.29) is 18.1 Å². The summed E-state index contributed by atoms with van der Waals surface area (Å²) in [5.74, 6) is 0.0625. The summed E-state index contributed by atoms with van der Waals surface area (Å²) in [6.45, 7) is 3.27. The van der Waals surface area contributed by atoms with Crippen LogP contribution in [0.2, 0.25) is 0 Å². The van der Waals surface area contributed by atoms with Gasteiger partial charge in [0.05, 0.1) is 4.99 Å². The number of amides is 1. The third-order valence-electron chi connectivity index (χ3n) is 3.79. The van der Waals surface area contributed by atoms with Gasteiger partial charge in [-0.25, -0.2) is 0 Å². The molecule has 0 aromatic heterocycles. The van der Waals surface area contributed by atoms with Crippen molar-refractivity contribution in [2.24, 2.45) is 5.73 Å². The fraction of sp³-hybridized carbons (Fsp3) is 0.846. The molecule has 2 fully saturated rings. The smallest absolute Gasteiger partial charge is 0.249 e. The van der Waals surface area contributed by atoms with Crippen LogP contribution in [0.15, 0.2) is 0 Å². The van der Waals surface area contributed by atoms with Gasteiger partial charge < -0.3 is 15.8 Å². The molecule has 3 N–H and O–H groups in total. The van der Waals surface area contributed by atoms with Gasteiger partial charge in [-0.3, -0.25) is 9.69 Å². The van der Waals surface area contributed by atoms with Crippen LogP contribution in [0.4, 0.5) is 0 Å². The molecule has 0 aromatic carbocycles. The number of nitrogens with two attached hydrogens (primary N) is 1. The third kappa shape index (κ3) is 4.71. The molecule has 0 radical (unpaired) electrons. The lowest BCUT2D eigenvalue weighted by Gasteiger charge is -2.33. The molecule has 2 saturated heterocycles. The number of hydrogen-bond donors (Lipinski definition) is 2. The summed E-state index contributed by atoms with van der Waals surface area (Å²) >= 11 is 4.91. The van der Waals surface area contributed by atoms with Crippen LogP contribution in [0.25, 0.3) is 0 Å². The molecular weight excluding hydrogens is 262 g/mol. The summed E-state index contributed by atoms with van der Waals surface area (Å²) < 4.78 is 5.50. The number of carbonyl (C=O) groups is 1. The van der Waals surface area contributed by atoms with Crippen molar-refractivity contribution in [3.05, 3.63) is 0 Å². The molecule has 2 heterocycles. The molecule has 1 atom stereocenters. The van der Waals surface area contributed by atoms with E-state index in [4.69, 9.17) is 22.7 Å². The molecule has 0 aromatic rings. The number of ether oxygens (including phenoxy) is 1. The second kappa shape index (κ2) is 7.17. The minimum atomic E-state index is -0.233. The number of nitrogens with zero attached hydrogens (tertiary/aromatic N) is 1. The molecule has 2 aliphatic rings. The van der Waals surface area contributed by atoms with Crippen LogP contribution in [0.5, 0.6) is 0 Å². The van der Waals surface area contributed by atoms with E-state index in [1.165, 1.54) is 0 Å². The van der Waals surface area contributed by atoms with Gasteiger partial charge >= 0.3 is 0 Å². The monoisotopic (exact) mass is 285 g/mol. The zero-order valence-corrected chi connectivity index (χ0v) is 12.1. The minimum Gasteiger partial charge on any atom is -0.392 e. The first-order valence-corrected chi connectivity index (χ1v) is 7.48. The van der Waals surface area contributed by atoms with Crippen molar-refractivity contribution in [3.8, 4) is 0 Å². The van der Waals surface area contributed by atoms with Gasteiger partial charge in [0.25, 0.3) is 0 Å². The van der Waals surface area contributed by atoms with E-state index < -0.39 is 0 Å². The first-order valence-electron chi connectivity index (χ1n) is 7.08. The molecule has 2 rings (SSSR count). The van der Waals surface area contributed by atoms with Gasteiger partial charge in [0.1, 0.15) is 6.10 Å². The Bertz CT molecular complexity index is 324. The molecule has 108 valence electrons. The van der Waals surface area contributed by atoms with Crippen molar-refractivity contribution in [1.82, 2.24) is 10.2 Å². The summed E-state index contributed by atoms with van der Waals surface area (Å²) in [6.07, 6.45) is 4.70. The maximum absolute atomic E-state index is 12.0. The molecule has 2 aliphatic heterocycles. The Balaban J connectivity index is 1.69. The lowest BCUT2D eigenvalue weighted by molar-refractivity contribution is -0.136. The normalized spacial score (nSPS) is 26.0. The Morgan fingerprint density at radius 1 is 1.32 bits per heavy atom. The average Bonchev–Trinajstić information content (AvgIpc) is 2.41. The Morgan fingerprint density at radius 3 is 2.63 bits per heavy atom. The van der Waals surface area contributed by atoms with Crippen LogP contribution < -0.4 is 11.1 Å². The maximum atomic E-state index is 12.0. The number of likely N-dealkylation sites (tertiary alicyclic amines) is 1. The number of hydrogen-bond acceptors (Lipinski definition) is 4. The van der Waals surface area contributed by atoms with E-state index in [1.54, 1.807) is 0 Å². The third-order valence-corrected chi connectivity index (χ3v) is 3.91. The fourth-order valence-corrected chi connectivity index (χ4v) is 2.88. The zero-order valence-electron chi connectivity index (χ0n) is 11.3. The van der Waals surface area contributed by atoms with E-state index in [2.05, 4.69) is 10.2 Å². The number of nitrogens with one attached hydrogen (secondary N) is 1. The molecule has 5 nitrogen and oxygen atoms in total. The fourth-order valence-electron chi connectivity index (χ4n) is 2.70.